The third kappa shape index (κ3) is 5.07. The zero-order chi connectivity index (χ0) is 24.7. The summed E-state index contributed by atoms with van der Waals surface area (Å²) in [5.41, 5.74) is 4.02. The normalized spacial score (nSPS) is 18.2. The lowest BCUT2D eigenvalue weighted by molar-refractivity contribution is 0.312. The van der Waals surface area contributed by atoms with E-state index in [1.807, 2.05) is 19.1 Å². The van der Waals surface area contributed by atoms with Gasteiger partial charge in [0, 0.05) is 37.8 Å². The number of ether oxygens (including phenoxy) is 1. The molecule has 0 amide bonds. The standard InChI is InChI=1S/C27H33FN6O/c1-17-12-18-6-7-21(25(28)20(18)13-17)35-24-15-23(34-10-8-33(5)9-11-34)31-26(32-24)30-22-14-19(16-29-22)27(2,3)4/h6-7,13-15H,8-12,16H2,1-5H3,(H,29,30,31,32). The number of benzene rings is 1. The van der Waals surface area contributed by atoms with Crippen molar-refractivity contribution in [3.8, 4) is 11.6 Å². The fraction of sp³-hybridized carbons (Fsp3) is 0.444. The maximum absolute atomic E-state index is 15.2. The van der Waals surface area contributed by atoms with E-state index in [9.17, 15) is 0 Å². The number of aromatic nitrogens is 2. The van der Waals surface area contributed by atoms with Crippen molar-refractivity contribution in [2.45, 2.75) is 34.1 Å². The number of likely N-dealkylation sites (N-methyl/N-ethyl adjacent to an activating group) is 1. The van der Waals surface area contributed by atoms with Gasteiger partial charge in [0.15, 0.2) is 11.6 Å². The van der Waals surface area contributed by atoms with Crippen LogP contribution in [0.5, 0.6) is 11.6 Å². The Kier molecular flexibility index (Phi) is 6.09. The van der Waals surface area contributed by atoms with E-state index >= 15 is 4.39 Å². The minimum atomic E-state index is -0.355. The van der Waals surface area contributed by atoms with Crippen LogP contribution in [0, 0.1) is 11.2 Å². The molecule has 2 aliphatic heterocycles. The molecule has 35 heavy (non-hydrogen) atoms. The molecule has 7 nitrogen and oxygen atoms in total. The minimum Gasteiger partial charge on any atom is -0.436 e. The van der Waals surface area contributed by atoms with Gasteiger partial charge < -0.3 is 19.9 Å². The zero-order valence-electron chi connectivity index (χ0n) is 21.2. The average molecular weight is 477 g/mol. The molecule has 0 radical (unpaired) electrons. The first-order valence-corrected chi connectivity index (χ1v) is 12.2. The summed E-state index contributed by atoms with van der Waals surface area (Å²) in [6.45, 7) is 12.8. The van der Waals surface area contributed by atoms with Gasteiger partial charge in [-0.15, -0.1) is 0 Å². The summed E-state index contributed by atoms with van der Waals surface area (Å²) in [6.07, 6.45) is 4.71. The third-order valence-corrected chi connectivity index (χ3v) is 6.76. The van der Waals surface area contributed by atoms with Crippen LogP contribution in [0.15, 0.2) is 40.4 Å². The van der Waals surface area contributed by atoms with Crippen LogP contribution >= 0.6 is 0 Å². The van der Waals surface area contributed by atoms with Gasteiger partial charge in [0.05, 0.1) is 6.54 Å². The van der Waals surface area contributed by atoms with Crippen LogP contribution < -0.4 is 15.0 Å². The molecule has 0 spiro atoms. The van der Waals surface area contributed by atoms with Gasteiger partial charge >= 0.3 is 0 Å². The van der Waals surface area contributed by atoms with Crippen LogP contribution in [0.1, 0.15) is 38.8 Å². The van der Waals surface area contributed by atoms with Gasteiger partial charge in [0.25, 0.3) is 0 Å². The van der Waals surface area contributed by atoms with Crippen molar-refractivity contribution in [1.82, 2.24) is 14.9 Å². The maximum Gasteiger partial charge on any atom is 0.233 e. The summed E-state index contributed by atoms with van der Waals surface area (Å²) >= 11 is 0. The fourth-order valence-electron chi connectivity index (χ4n) is 4.50. The highest BCUT2D eigenvalue weighted by molar-refractivity contribution is 6.05. The zero-order valence-corrected chi connectivity index (χ0v) is 21.2. The number of piperazine rings is 1. The summed E-state index contributed by atoms with van der Waals surface area (Å²) in [4.78, 5) is 18.4. The summed E-state index contributed by atoms with van der Waals surface area (Å²) in [7, 11) is 2.11. The van der Waals surface area contributed by atoms with Gasteiger partial charge in [0.1, 0.15) is 11.7 Å². The highest BCUT2D eigenvalue weighted by Crippen LogP contribution is 2.35. The first-order valence-electron chi connectivity index (χ1n) is 12.2. The lowest BCUT2D eigenvalue weighted by Crippen LogP contribution is -2.44. The molecule has 0 unspecified atom stereocenters. The van der Waals surface area contributed by atoms with Crippen LogP contribution in [0.4, 0.5) is 16.2 Å². The van der Waals surface area contributed by atoms with Crippen LogP contribution in [0.25, 0.3) is 6.08 Å². The lowest BCUT2D eigenvalue weighted by atomic mass is 9.87. The highest BCUT2D eigenvalue weighted by Gasteiger charge is 2.23. The highest BCUT2D eigenvalue weighted by atomic mass is 19.1. The Morgan fingerprint density at radius 2 is 1.83 bits per heavy atom. The number of nitrogens with one attached hydrogen (secondary N) is 1. The Balaban J connectivity index is 1.45. The van der Waals surface area contributed by atoms with E-state index in [0.29, 0.717) is 23.9 Å². The predicted octanol–water partition coefficient (Wildman–Crippen LogP) is 4.92. The van der Waals surface area contributed by atoms with E-state index in [2.05, 4.69) is 59.0 Å². The number of hydrogen-bond donors (Lipinski definition) is 1. The molecule has 3 heterocycles. The van der Waals surface area contributed by atoms with E-state index in [1.54, 1.807) is 12.1 Å². The molecule has 1 saturated heterocycles. The van der Waals surface area contributed by atoms with Crippen molar-refractivity contribution in [2.24, 2.45) is 10.4 Å². The van der Waals surface area contributed by atoms with Crippen LogP contribution in [0.3, 0.4) is 0 Å². The molecule has 1 aromatic carbocycles. The van der Waals surface area contributed by atoms with Crippen molar-refractivity contribution >= 4 is 23.7 Å². The molecule has 1 fully saturated rings. The van der Waals surface area contributed by atoms with E-state index in [4.69, 9.17) is 9.72 Å². The third-order valence-electron chi connectivity index (χ3n) is 6.76. The van der Waals surface area contributed by atoms with Gasteiger partial charge in [0.2, 0.25) is 11.8 Å². The molecule has 0 atom stereocenters. The van der Waals surface area contributed by atoms with Crippen molar-refractivity contribution in [3.05, 3.63) is 52.4 Å². The molecule has 1 aliphatic carbocycles. The van der Waals surface area contributed by atoms with Crippen molar-refractivity contribution < 1.29 is 9.13 Å². The SMILES string of the molecule is CC1=Cc2c(ccc(Oc3cc(N4CCN(C)CC4)nc(NC4=NCC(C(C)(C)C)=C4)n3)c2F)C1. The van der Waals surface area contributed by atoms with Gasteiger partial charge in [-0.25, -0.2) is 4.39 Å². The summed E-state index contributed by atoms with van der Waals surface area (Å²) < 4.78 is 21.3. The number of fused-ring (bicyclic) bond motifs is 1. The quantitative estimate of drug-likeness (QED) is 0.676. The van der Waals surface area contributed by atoms with Gasteiger partial charge in [-0.3, -0.25) is 4.99 Å². The Bertz CT molecular complexity index is 1230. The first-order chi connectivity index (χ1) is 16.7. The molecule has 5 rings (SSSR count). The molecule has 8 heteroatoms. The van der Waals surface area contributed by atoms with Crippen molar-refractivity contribution in [2.75, 3.05) is 50.0 Å². The number of nitrogens with zero attached hydrogens (tertiary/aromatic N) is 5. The van der Waals surface area contributed by atoms with Crippen molar-refractivity contribution in [1.29, 1.82) is 0 Å². The molecule has 0 saturated carbocycles. The predicted molar refractivity (Wildman–Crippen MR) is 139 cm³/mol. The smallest absolute Gasteiger partial charge is 0.233 e. The first kappa shape index (κ1) is 23.5. The number of allylic oxidation sites excluding steroid dienone is 1. The van der Waals surface area contributed by atoms with Crippen LogP contribution in [-0.4, -0.2) is 60.5 Å². The van der Waals surface area contributed by atoms with E-state index in [0.717, 1.165) is 55.4 Å². The molecule has 1 N–H and O–H groups in total. The summed E-state index contributed by atoms with van der Waals surface area (Å²) in [5.74, 6) is 1.97. The molecular weight excluding hydrogens is 443 g/mol. The maximum atomic E-state index is 15.2. The largest absolute Gasteiger partial charge is 0.436 e. The number of amidine groups is 1. The van der Waals surface area contributed by atoms with Crippen molar-refractivity contribution in [3.63, 3.8) is 0 Å². The van der Waals surface area contributed by atoms with E-state index < -0.39 is 0 Å². The number of aliphatic imine (C=N–C) groups is 1. The summed E-state index contributed by atoms with van der Waals surface area (Å²) in [6, 6.07) is 5.40. The number of anilines is 2. The van der Waals surface area contributed by atoms with Gasteiger partial charge in [-0.2, -0.15) is 9.97 Å². The Morgan fingerprint density at radius 3 is 2.54 bits per heavy atom. The monoisotopic (exact) mass is 476 g/mol. The van der Waals surface area contributed by atoms with Gasteiger partial charge in [-0.1, -0.05) is 38.5 Å². The molecule has 0 bridgehead atoms. The van der Waals surface area contributed by atoms with Crippen LogP contribution in [0.2, 0.25) is 0 Å². The Morgan fingerprint density at radius 1 is 1.06 bits per heavy atom. The topological polar surface area (TPSA) is 65.9 Å². The minimum absolute atomic E-state index is 0.0433. The van der Waals surface area contributed by atoms with E-state index in [1.165, 1.54) is 5.57 Å². The number of rotatable bonds is 4. The molecule has 2 aromatic rings. The second-order valence-corrected chi connectivity index (χ2v) is 10.6. The molecule has 3 aliphatic rings. The fourth-order valence-corrected chi connectivity index (χ4v) is 4.50. The van der Waals surface area contributed by atoms with Crippen LogP contribution in [-0.2, 0) is 6.42 Å². The summed E-state index contributed by atoms with van der Waals surface area (Å²) in [5, 5.41) is 3.25. The van der Waals surface area contributed by atoms with Gasteiger partial charge in [-0.05, 0) is 49.1 Å². The second kappa shape index (κ2) is 9.07. The lowest BCUT2D eigenvalue weighted by Gasteiger charge is -2.33. The number of hydrogen-bond acceptors (Lipinski definition) is 7. The molecule has 184 valence electrons. The Hall–Kier alpha value is -3.26. The average Bonchev–Trinajstić information content (AvgIpc) is 3.43. The Labute approximate surface area is 206 Å². The van der Waals surface area contributed by atoms with E-state index in [-0.39, 0.29) is 17.0 Å². The molecule has 1 aromatic heterocycles. The molecular formula is C27H33FN6O. The second-order valence-electron chi connectivity index (χ2n) is 10.6. The number of halogens is 1.